The van der Waals surface area contributed by atoms with Crippen molar-refractivity contribution >= 4 is 12.1 Å². The van der Waals surface area contributed by atoms with Crippen LogP contribution in [-0.4, -0.2) is 40.8 Å². The average Bonchev–Trinajstić information content (AvgIpc) is 2.10. The molecule has 0 aromatic heterocycles. The van der Waals surface area contributed by atoms with E-state index in [-0.39, 0.29) is 24.0 Å². The van der Waals surface area contributed by atoms with Gasteiger partial charge in [-0.25, -0.2) is 4.79 Å². The topological polar surface area (TPSA) is 66.8 Å². The predicted molar refractivity (Wildman–Crippen MR) is 69.8 cm³/mol. The minimum absolute atomic E-state index is 0.0364. The van der Waals surface area contributed by atoms with Gasteiger partial charge in [-0.2, -0.15) is 0 Å². The van der Waals surface area contributed by atoms with Gasteiger partial charge in [0.1, 0.15) is 5.60 Å². The van der Waals surface area contributed by atoms with Gasteiger partial charge in [-0.3, -0.25) is 4.79 Å². The lowest BCUT2D eigenvalue weighted by Gasteiger charge is -2.70. The number of nitrogens with zero attached hydrogens (tertiary/aromatic N) is 1. The van der Waals surface area contributed by atoms with Crippen molar-refractivity contribution in [3.63, 3.8) is 0 Å². The first-order valence-corrected chi connectivity index (χ1v) is 6.82. The maximum absolute atomic E-state index is 12.0. The summed E-state index contributed by atoms with van der Waals surface area (Å²) in [7, 11) is 1.76. The molecular formula is C14H23NO4. The Morgan fingerprint density at radius 3 is 2.32 bits per heavy atom. The second-order valence-corrected chi connectivity index (χ2v) is 6.96. The molecule has 19 heavy (non-hydrogen) atoms. The van der Waals surface area contributed by atoms with Gasteiger partial charge in [0.15, 0.2) is 0 Å². The maximum atomic E-state index is 12.0. The molecule has 5 nitrogen and oxygen atoms in total. The van der Waals surface area contributed by atoms with Gasteiger partial charge in [-0.05, 0) is 51.4 Å². The monoisotopic (exact) mass is 269 g/mol. The van der Waals surface area contributed by atoms with E-state index in [0.717, 1.165) is 12.8 Å². The van der Waals surface area contributed by atoms with E-state index in [1.54, 1.807) is 11.9 Å². The molecule has 0 aliphatic heterocycles. The van der Waals surface area contributed by atoms with E-state index < -0.39 is 11.6 Å². The average molecular weight is 269 g/mol. The summed E-state index contributed by atoms with van der Waals surface area (Å²) in [6, 6.07) is 0.168. The van der Waals surface area contributed by atoms with Gasteiger partial charge in [-0.15, -0.1) is 0 Å². The van der Waals surface area contributed by atoms with Gasteiger partial charge >= 0.3 is 12.1 Å². The molecule has 1 N–H and O–H groups in total. The number of amides is 1. The van der Waals surface area contributed by atoms with E-state index in [4.69, 9.17) is 9.84 Å². The number of rotatable bonds is 4. The van der Waals surface area contributed by atoms with E-state index in [9.17, 15) is 9.59 Å². The van der Waals surface area contributed by atoms with Gasteiger partial charge < -0.3 is 14.7 Å². The molecule has 1 atom stereocenters. The summed E-state index contributed by atoms with van der Waals surface area (Å²) >= 11 is 0. The number of carbonyl (C=O) groups is 2. The van der Waals surface area contributed by atoms with Crippen molar-refractivity contribution in [2.75, 3.05) is 7.05 Å². The lowest BCUT2D eigenvalue weighted by Crippen LogP contribution is -2.72. The fraction of sp³-hybridized carbons (Fsp3) is 0.857. The molecule has 0 aromatic carbocycles. The van der Waals surface area contributed by atoms with Gasteiger partial charge in [-0.1, -0.05) is 0 Å². The third-order valence-corrected chi connectivity index (χ3v) is 4.35. The van der Waals surface area contributed by atoms with Crippen LogP contribution in [0.25, 0.3) is 0 Å². The summed E-state index contributed by atoms with van der Waals surface area (Å²) in [6.45, 7) is 5.54. The van der Waals surface area contributed by atoms with Crippen LogP contribution < -0.4 is 0 Å². The van der Waals surface area contributed by atoms with Crippen LogP contribution in [0, 0.1) is 11.3 Å². The van der Waals surface area contributed by atoms with Crippen LogP contribution in [0.5, 0.6) is 0 Å². The molecule has 0 radical (unpaired) electrons. The predicted octanol–water partition coefficient (Wildman–Crippen LogP) is 2.50. The Labute approximate surface area is 113 Å². The molecule has 0 saturated heterocycles. The zero-order valence-corrected chi connectivity index (χ0v) is 12.1. The van der Waals surface area contributed by atoms with Crippen LogP contribution in [-0.2, 0) is 9.53 Å². The third kappa shape index (κ3) is 2.55. The lowest BCUT2D eigenvalue weighted by molar-refractivity contribution is -0.199. The number of aliphatic carboxylic acids is 1. The van der Waals surface area contributed by atoms with Crippen molar-refractivity contribution < 1.29 is 19.4 Å². The standard InChI is InChI=1S/C14H23NO4/c1-13(2,3)19-12(18)15(4)11-9-7-14(11,8-9)6-5-10(16)17/h9,11H,5-8H2,1-4H3,(H,16,17). The van der Waals surface area contributed by atoms with E-state index >= 15 is 0 Å². The summed E-state index contributed by atoms with van der Waals surface area (Å²) in [5.41, 5.74) is -0.456. The van der Waals surface area contributed by atoms with Crippen molar-refractivity contribution in [1.29, 1.82) is 0 Å². The Morgan fingerprint density at radius 1 is 1.37 bits per heavy atom. The number of ether oxygens (including phenoxy) is 1. The Balaban J connectivity index is 1.92. The molecule has 3 aliphatic carbocycles. The second-order valence-electron chi connectivity index (χ2n) is 6.96. The number of hydrogen-bond donors (Lipinski definition) is 1. The SMILES string of the molecule is CN(C(=O)OC(C)(C)C)C1C2CC1(CCC(=O)O)C2. The highest BCUT2D eigenvalue weighted by Gasteiger charge is 2.67. The first-order valence-electron chi connectivity index (χ1n) is 6.82. The van der Waals surface area contributed by atoms with Crippen LogP contribution in [0.1, 0.15) is 46.5 Å². The minimum atomic E-state index is -0.761. The number of carbonyl (C=O) groups excluding carboxylic acids is 1. The van der Waals surface area contributed by atoms with Crippen LogP contribution in [0.2, 0.25) is 0 Å². The minimum Gasteiger partial charge on any atom is -0.481 e. The van der Waals surface area contributed by atoms with Crippen LogP contribution in [0.15, 0.2) is 0 Å². The van der Waals surface area contributed by atoms with Crippen LogP contribution in [0.4, 0.5) is 4.79 Å². The molecule has 5 heteroatoms. The van der Waals surface area contributed by atoms with E-state index in [0.29, 0.717) is 12.3 Å². The zero-order valence-electron chi connectivity index (χ0n) is 12.1. The number of hydrogen-bond acceptors (Lipinski definition) is 3. The van der Waals surface area contributed by atoms with E-state index in [2.05, 4.69) is 0 Å². The number of carboxylic acids is 1. The molecule has 0 spiro atoms. The summed E-state index contributed by atoms with van der Waals surface area (Å²) < 4.78 is 5.37. The molecule has 3 saturated carbocycles. The zero-order chi connectivity index (χ0) is 14.4. The molecular weight excluding hydrogens is 246 g/mol. The Kier molecular flexibility index (Phi) is 3.27. The highest BCUT2D eigenvalue weighted by atomic mass is 16.6. The van der Waals surface area contributed by atoms with Crippen LogP contribution >= 0.6 is 0 Å². The van der Waals surface area contributed by atoms with Crippen molar-refractivity contribution in [2.24, 2.45) is 11.3 Å². The third-order valence-electron chi connectivity index (χ3n) is 4.35. The fourth-order valence-electron chi connectivity index (χ4n) is 3.51. The van der Waals surface area contributed by atoms with Gasteiger partial charge in [0.2, 0.25) is 0 Å². The smallest absolute Gasteiger partial charge is 0.410 e. The van der Waals surface area contributed by atoms with E-state index in [1.807, 2.05) is 20.8 Å². The summed E-state index contributed by atoms with van der Waals surface area (Å²) in [5, 5.41) is 8.80. The molecule has 2 bridgehead atoms. The van der Waals surface area contributed by atoms with Crippen LogP contribution in [0.3, 0.4) is 0 Å². The van der Waals surface area contributed by atoms with Crippen molar-refractivity contribution in [1.82, 2.24) is 4.90 Å². The molecule has 0 aromatic rings. The Bertz CT molecular complexity index is 393. The molecule has 3 rings (SSSR count). The maximum Gasteiger partial charge on any atom is 0.410 e. The van der Waals surface area contributed by atoms with Crippen molar-refractivity contribution in [3.8, 4) is 0 Å². The van der Waals surface area contributed by atoms with E-state index in [1.165, 1.54) is 0 Å². The molecule has 1 amide bonds. The first-order chi connectivity index (χ1) is 8.65. The first kappa shape index (κ1) is 14.2. The van der Waals surface area contributed by atoms with Gasteiger partial charge in [0.05, 0.1) is 0 Å². The van der Waals surface area contributed by atoms with Gasteiger partial charge in [0, 0.05) is 19.5 Å². The summed E-state index contributed by atoms with van der Waals surface area (Å²) in [6.07, 6.45) is 2.65. The largest absolute Gasteiger partial charge is 0.481 e. The van der Waals surface area contributed by atoms with Gasteiger partial charge in [0.25, 0.3) is 0 Å². The quantitative estimate of drug-likeness (QED) is 0.851. The fourth-order valence-corrected chi connectivity index (χ4v) is 3.51. The Morgan fingerprint density at radius 2 is 1.95 bits per heavy atom. The molecule has 0 heterocycles. The molecule has 1 unspecified atom stereocenters. The highest BCUT2D eigenvalue weighted by molar-refractivity contribution is 5.69. The second kappa shape index (κ2) is 4.39. The molecule has 3 aliphatic rings. The number of carboxylic acid groups (broad SMARTS) is 1. The summed E-state index contributed by atoms with van der Waals surface area (Å²) in [4.78, 5) is 24.4. The molecule has 3 fully saturated rings. The van der Waals surface area contributed by atoms with Crippen molar-refractivity contribution in [2.45, 2.75) is 58.1 Å². The van der Waals surface area contributed by atoms with Crippen molar-refractivity contribution in [3.05, 3.63) is 0 Å². The lowest BCUT2D eigenvalue weighted by atomic mass is 9.39. The molecule has 108 valence electrons. The Hall–Kier alpha value is -1.26. The summed E-state index contributed by atoms with van der Waals surface area (Å²) in [5.74, 6) is -0.227. The normalized spacial score (nSPS) is 32.0. The highest BCUT2D eigenvalue weighted by Crippen LogP contribution is 2.68.